The van der Waals surface area contributed by atoms with Crippen LogP contribution in [0.2, 0.25) is 0 Å². The van der Waals surface area contributed by atoms with Gasteiger partial charge in [-0.25, -0.2) is 23.7 Å². The first kappa shape index (κ1) is 24.9. The first-order chi connectivity index (χ1) is 17.7. The Kier molecular flexibility index (Phi) is 6.72. The number of amides is 1. The number of ether oxygens (including phenoxy) is 1. The van der Waals surface area contributed by atoms with Gasteiger partial charge in [-0.05, 0) is 70.9 Å². The van der Waals surface area contributed by atoms with Crippen molar-refractivity contribution in [3.05, 3.63) is 53.6 Å². The number of halogens is 3. The van der Waals surface area contributed by atoms with Crippen LogP contribution in [0.5, 0.6) is 5.75 Å². The molecule has 1 fully saturated rings. The number of likely N-dealkylation sites (tertiary alicyclic amines) is 1. The number of piperidine rings is 1. The van der Waals surface area contributed by atoms with Gasteiger partial charge in [-0.3, -0.25) is 4.79 Å². The molecule has 1 N–H and O–H groups in total. The molecule has 0 radical (unpaired) electrons. The van der Waals surface area contributed by atoms with E-state index < -0.39 is 17.6 Å². The highest BCUT2D eigenvalue weighted by atomic mass is 19.1. The molecule has 1 saturated heterocycles. The molecule has 0 atom stereocenters. The summed E-state index contributed by atoms with van der Waals surface area (Å²) in [6.07, 6.45) is 2.65. The van der Waals surface area contributed by atoms with E-state index >= 15 is 0 Å². The minimum Gasteiger partial charge on any atom is -0.478 e. The molecule has 11 heteroatoms. The second kappa shape index (κ2) is 9.97. The van der Waals surface area contributed by atoms with E-state index in [0.717, 1.165) is 38.2 Å². The maximum atomic E-state index is 14.9. The molecule has 0 bridgehead atoms. The summed E-state index contributed by atoms with van der Waals surface area (Å²) in [4.78, 5) is 28.1. The van der Waals surface area contributed by atoms with E-state index in [9.17, 15) is 18.0 Å². The zero-order valence-electron chi connectivity index (χ0n) is 20.8. The third-order valence-corrected chi connectivity index (χ3v) is 6.70. The predicted molar refractivity (Wildman–Crippen MR) is 132 cm³/mol. The third kappa shape index (κ3) is 4.95. The molecule has 2 aliphatic heterocycles. The van der Waals surface area contributed by atoms with Gasteiger partial charge < -0.3 is 19.9 Å². The summed E-state index contributed by atoms with van der Waals surface area (Å²) in [5.41, 5.74) is 0.668. The van der Waals surface area contributed by atoms with E-state index in [4.69, 9.17) is 4.74 Å². The second-order valence-corrected chi connectivity index (χ2v) is 9.62. The first-order valence-corrected chi connectivity index (χ1v) is 12.1. The average molecular weight is 513 g/mol. The van der Waals surface area contributed by atoms with E-state index in [1.54, 1.807) is 26.0 Å². The minimum atomic E-state index is -0.791. The summed E-state index contributed by atoms with van der Waals surface area (Å²) in [5.74, 6) is -2.29. The monoisotopic (exact) mass is 512 g/mol. The summed E-state index contributed by atoms with van der Waals surface area (Å²) in [6.45, 7) is 5.09. The molecule has 1 amide bonds. The molecule has 0 spiro atoms. The van der Waals surface area contributed by atoms with E-state index in [1.807, 2.05) is 7.05 Å². The Bertz CT molecular complexity index is 1340. The number of hydrogen-bond donors (Lipinski definition) is 1. The highest BCUT2D eigenvalue weighted by Crippen LogP contribution is 2.40. The van der Waals surface area contributed by atoms with Gasteiger partial charge in [0.25, 0.3) is 5.91 Å². The number of anilines is 3. The maximum Gasteiger partial charge on any atom is 0.265 e. The summed E-state index contributed by atoms with van der Waals surface area (Å²) < 4.78 is 49.8. The van der Waals surface area contributed by atoms with Gasteiger partial charge in [0.05, 0.1) is 11.9 Å². The fourth-order valence-electron chi connectivity index (χ4n) is 4.82. The molecule has 4 heterocycles. The van der Waals surface area contributed by atoms with Crippen molar-refractivity contribution in [2.75, 3.05) is 37.0 Å². The summed E-state index contributed by atoms with van der Waals surface area (Å²) in [7, 11) is 2.04. The Morgan fingerprint density at radius 1 is 1.08 bits per heavy atom. The van der Waals surface area contributed by atoms with Crippen molar-refractivity contribution in [3.8, 4) is 17.0 Å². The van der Waals surface area contributed by atoms with Crippen LogP contribution in [0, 0.1) is 17.6 Å². The number of fused-ring (bicyclic) bond motifs is 1. The molecule has 2 aliphatic rings. The lowest BCUT2D eigenvalue weighted by atomic mass is 9.90. The van der Waals surface area contributed by atoms with Gasteiger partial charge >= 0.3 is 0 Å². The zero-order chi connectivity index (χ0) is 26.3. The number of pyridine rings is 1. The fraction of sp³-hybridized carbons (Fsp3) is 0.385. The number of carbonyl (C=O) groups is 1. The van der Waals surface area contributed by atoms with Crippen LogP contribution in [0.25, 0.3) is 11.3 Å². The van der Waals surface area contributed by atoms with Crippen molar-refractivity contribution in [2.24, 2.45) is 0 Å². The molecule has 0 saturated carbocycles. The van der Waals surface area contributed by atoms with Gasteiger partial charge in [0.15, 0.2) is 24.0 Å². The number of aromatic nitrogens is 3. The van der Waals surface area contributed by atoms with E-state index in [2.05, 4.69) is 25.2 Å². The van der Waals surface area contributed by atoms with Crippen molar-refractivity contribution in [1.29, 1.82) is 0 Å². The molecule has 5 rings (SSSR count). The SMILES string of the molecule is CC(C)N1C(=O)COc2c(F)cc(-c3nc(Nc4ccc(C5CCN(C)CC5)c(F)n4)ncc3F)cc21. The molecule has 194 valence electrons. The molecule has 3 aromatic rings. The number of rotatable bonds is 5. The van der Waals surface area contributed by atoms with Crippen LogP contribution in [0.1, 0.15) is 38.2 Å². The normalized spacial score (nSPS) is 16.6. The van der Waals surface area contributed by atoms with Gasteiger partial charge in [-0.2, -0.15) is 4.39 Å². The van der Waals surface area contributed by atoms with Crippen LogP contribution < -0.4 is 15.0 Å². The number of hydrogen-bond acceptors (Lipinski definition) is 7. The molecule has 2 aromatic heterocycles. The lowest BCUT2D eigenvalue weighted by molar-refractivity contribution is -0.121. The number of benzene rings is 1. The molecular weight excluding hydrogens is 485 g/mol. The molecular formula is C26H27F3N6O2. The lowest BCUT2D eigenvalue weighted by Crippen LogP contribution is -2.43. The Hall–Kier alpha value is -3.73. The summed E-state index contributed by atoms with van der Waals surface area (Å²) in [6, 6.07) is 5.61. The van der Waals surface area contributed by atoms with Crippen molar-refractivity contribution in [2.45, 2.75) is 38.6 Å². The second-order valence-electron chi connectivity index (χ2n) is 9.62. The van der Waals surface area contributed by atoms with Crippen molar-refractivity contribution in [1.82, 2.24) is 19.9 Å². The van der Waals surface area contributed by atoms with E-state index in [0.29, 0.717) is 5.56 Å². The third-order valence-electron chi connectivity index (χ3n) is 6.70. The van der Waals surface area contributed by atoms with Gasteiger partial charge in [0.2, 0.25) is 11.9 Å². The van der Waals surface area contributed by atoms with E-state index in [1.165, 1.54) is 11.0 Å². The highest BCUT2D eigenvalue weighted by Gasteiger charge is 2.31. The first-order valence-electron chi connectivity index (χ1n) is 12.1. The predicted octanol–water partition coefficient (Wildman–Crippen LogP) is 4.64. The number of nitrogens with zero attached hydrogens (tertiary/aromatic N) is 5. The van der Waals surface area contributed by atoms with Crippen LogP contribution >= 0.6 is 0 Å². The fourth-order valence-corrected chi connectivity index (χ4v) is 4.82. The standard InChI is InChI=1S/C26H27F3N6O2/c1-14(2)35-20-11-16(10-18(27)24(20)37-13-22(35)36)23-19(28)12-30-26(33-23)32-21-5-4-17(25(29)31-21)15-6-8-34(3)9-7-15/h4-5,10-12,14-15H,6-9,13H2,1-3H3,(H,30,31,32,33). The Labute approximate surface area is 212 Å². The van der Waals surface area contributed by atoms with E-state index in [-0.39, 0.29) is 58.9 Å². The maximum absolute atomic E-state index is 14.9. The summed E-state index contributed by atoms with van der Waals surface area (Å²) >= 11 is 0. The number of carbonyl (C=O) groups excluding carboxylic acids is 1. The minimum absolute atomic E-state index is 0.0403. The molecule has 8 nitrogen and oxygen atoms in total. The van der Waals surface area contributed by atoms with Gasteiger partial charge in [-0.15, -0.1) is 0 Å². The molecule has 1 aromatic carbocycles. The van der Waals surface area contributed by atoms with Crippen molar-refractivity contribution >= 4 is 23.4 Å². The molecule has 37 heavy (non-hydrogen) atoms. The Balaban J connectivity index is 1.43. The molecule has 0 unspecified atom stereocenters. The van der Waals surface area contributed by atoms with Crippen LogP contribution in [-0.4, -0.2) is 58.5 Å². The van der Waals surface area contributed by atoms with Crippen molar-refractivity contribution in [3.63, 3.8) is 0 Å². The number of nitrogens with one attached hydrogen (secondary N) is 1. The quantitative estimate of drug-likeness (QED) is 0.499. The topological polar surface area (TPSA) is 83.5 Å². The smallest absolute Gasteiger partial charge is 0.265 e. The molecule has 0 aliphatic carbocycles. The highest BCUT2D eigenvalue weighted by molar-refractivity contribution is 5.99. The van der Waals surface area contributed by atoms with Gasteiger partial charge in [0.1, 0.15) is 11.5 Å². The Morgan fingerprint density at radius 2 is 1.84 bits per heavy atom. The zero-order valence-corrected chi connectivity index (χ0v) is 20.8. The van der Waals surface area contributed by atoms with Crippen molar-refractivity contribution < 1.29 is 22.7 Å². The largest absolute Gasteiger partial charge is 0.478 e. The lowest BCUT2D eigenvalue weighted by Gasteiger charge is -2.33. The Morgan fingerprint density at radius 3 is 2.54 bits per heavy atom. The van der Waals surface area contributed by atoms with Crippen LogP contribution in [0.3, 0.4) is 0 Å². The summed E-state index contributed by atoms with van der Waals surface area (Å²) in [5, 5.41) is 2.80. The van der Waals surface area contributed by atoms with Gasteiger partial charge in [0, 0.05) is 17.2 Å². The van der Waals surface area contributed by atoms with Crippen LogP contribution in [0.4, 0.5) is 30.6 Å². The van der Waals surface area contributed by atoms with Crippen LogP contribution in [0.15, 0.2) is 30.5 Å². The average Bonchev–Trinajstić information content (AvgIpc) is 2.85. The van der Waals surface area contributed by atoms with Gasteiger partial charge in [-0.1, -0.05) is 6.07 Å². The van der Waals surface area contributed by atoms with Crippen LogP contribution in [-0.2, 0) is 4.79 Å².